The summed E-state index contributed by atoms with van der Waals surface area (Å²) in [6.07, 6.45) is 6.44. The highest BCUT2D eigenvalue weighted by atomic mass is 16.6. The van der Waals surface area contributed by atoms with E-state index in [1.807, 2.05) is 54.6 Å². The van der Waals surface area contributed by atoms with Crippen LogP contribution in [0.15, 0.2) is 72.8 Å². The lowest BCUT2D eigenvalue weighted by Gasteiger charge is -2.37. The van der Waals surface area contributed by atoms with Crippen molar-refractivity contribution in [3.05, 3.63) is 78.4 Å². The number of carbonyl (C=O) groups is 2. The average molecular weight is 589 g/mol. The average Bonchev–Trinajstić information content (AvgIpc) is 3.03. The molecule has 3 aromatic rings. The second-order valence-electron chi connectivity index (χ2n) is 10.8. The summed E-state index contributed by atoms with van der Waals surface area (Å²) >= 11 is 0. The molecule has 4 rings (SSSR count). The van der Waals surface area contributed by atoms with E-state index in [0.29, 0.717) is 6.54 Å². The lowest BCUT2D eigenvalue weighted by Crippen LogP contribution is -2.49. The first-order valence-electron chi connectivity index (χ1n) is 15.4. The molecule has 9 nitrogen and oxygen atoms in total. The number of benzene rings is 3. The Kier molecular flexibility index (Phi) is 12.7. The van der Waals surface area contributed by atoms with Crippen molar-refractivity contribution in [2.75, 3.05) is 44.3 Å². The normalized spacial score (nSPS) is 13.4. The molecular weight excluding hydrogens is 544 g/mol. The standard InChI is InChI=1S/C34H44N4O5/c39-31-17-16-27(26-32(31)40)18-22-35-20-8-2-9-21-36-33(41)19-25-43-34(42)38(37-23-10-3-11-24-37)30-15-7-6-14-29(30)28-12-4-1-5-13-28/h1,4-7,12-17,26,35,39-40H,2-3,8-11,18-25H2,(H,36,41). The Morgan fingerprint density at radius 1 is 0.814 bits per heavy atom. The highest BCUT2D eigenvalue weighted by Gasteiger charge is 2.28. The third-order valence-corrected chi connectivity index (χ3v) is 7.54. The van der Waals surface area contributed by atoms with Gasteiger partial charge in [-0.2, -0.15) is 0 Å². The monoisotopic (exact) mass is 588 g/mol. The van der Waals surface area contributed by atoms with Gasteiger partial charge in [-0.25, -0.2) is 14.8 Å². The number of carbonyl (C=O) groups excluding carboxylic acids is 2. The number of anilines is 1. The number of hydrogen-bond acceptors (Lipinski definition) is 7. The maximum absolute atomic E-state index is 13.4. The summed E-state index contributed by atoms with van der Waals surface area (Å²) in [5.74, 6) is -0.330. The van der Waals surface area contributed by atoms with E-state index in [2.05, 4.69) is 15.6 Å². The van der Waals surface area contributed by atoms with Crippen LogP contribution in [0.2, 0.25) is 0 Å². The summed E-state index contributed by atoms with van der Waals surface area (Å²) in [5, 5.41) is 29.0. The number of ether oxygens (including phenoxy) is 1. The van der Waals surface area contributed by atoms with Crippen LogP contribution in [0.1, 0.15) is 50.5 Å². The van der Waals surface area contributed by atoms with Crippen molar-refractivity contribution in [1.82, 2.24) is 15.6 Å². The summed E-state index contributed by atoms with van der Waals surface area (Å²) < 4.78 is 5.65. The summed E-state index contributed by atoms with van der Waals surface area (Å²) in [7, 11) is 0. The first kappa shape index (κ1) is 31.8. The molecule has 4 N–H and O–H groups in total. The third kappa shape index (κ3) is 10.0. The molecule has 1 fully saturated rings. The van der Waals surface area contributed by atoms with E-state index in [0.717, 1.165) is 93.5 Å². The number of phenols is 2. The lowest BCUT2D eigenvalue weighted by atomic mass is 10.0. The van der Waals surface area contributed by atoms with Gasteiger partial charge in [-0.05, 0) is 74.5 Å². The second-order valence-corrected chi connectivity index (χ2v) is 10.8. The number of amides is 2. The van der Waals surface area contributed by atoms with Crippen LogP contribution in [0, 0.1) is 0 Å². The number of rotatable bonds is 15. The van der Waals surface area contributed by atoms with Crippen LogP contribution in [0.5, 0.6) is 11.5 Å². The maximum atomic E-state index is 13.4. The van der Waals surface area contributed by atoms with Crippen molar-refractivity contribution in [3.63, 3.8) is 0 Å². The van der Waals surface area contributed by atoms with Gasteiger partial charge in [0.05, 0.1) is 12.1 Å². The Labute approximate surface area is 254 Å². The van der Waals surface area contributed by atoms with Crippen molar-refractivity contribution in [2.24, 2.45) is 0 Å². The fourth-order valence-corrected chi connectivity index (χ4v) is 5.21. The molecule has 0 aliphatic carbocycles. The highest BCUT2D eigenvalue weighted by Crippen LogP contribution is 2.33. The Morgan fingerprint density at radius 3 is 2.35 bits per heavy atom. The maximum Gasteiger partial charge on any atom is 0.429 e. The van der Waals surface area contributed by atoms with Gasteiger partial charge in [-0.1, -0.05) is 67.4 Å². The fourth-order valence-electron chi connectivity index (χ4n) is 5.21. The molecule has 0 atom stereocenters. The summed E-state index contributed by atoms with van der Waals surface area (Å²) in [6, 6.07) is 22.8. The molecule has 9 heteroatoms. The number of aromatic hydroxyl groups is 2. The molecule has 3 aromatic carbocycles. The molecule has 0 spiro atoms. The number of para-hydroxylation sites is 1. The van der Waals surface area contributed by atoms with Crippen LogP contribution in [0.3, 0.4) is 0 Å². The van der Waals surface area contributed by atoms with E-state index >= 15 is 0 Å². The van der Waals surface area contributed by atoms with E-state index in [-0.39, 0.29) is 30.4 Å². The number of piperidine rings is 1. The second kappa shape index (κ2) is 17.1. The number of nitrogens with one attached hydrogen (secondary N) is 2. The minimum Gasteiger partial charge on any atom is -0.504 e. The molecule has 1 saturated heterocycles. The zero-order valence-electron chi connectivity index (χ0n) is 24.8. The molecule has 1 aliphatic rings. The van der Waals surface area contributed by atoms with Crippen molar-refractivity contribution in [3.8, 4) is 22.6 Å². The Bertz CT molecular complexity index is 1300. The molecule has 0 unspecified atom stereocenters. The van der Waals surface area contributed by atoms with Crippen LogP contribution < -0.4 is 15.6 Å². The molecule has 0 aromatic heterocycles. The van der Waals surface area contributed by atoms with Crippen LogP contribution in [0.25, 0.3) is 11.1 Å². The topological polar surface area (TPSA) is 114 Å². The van der Waals surface area contributed by atoms with Crippen LogP contribution in [-0.2, 0) is 16.0 Å². The van der Waals surface area contributed by atoms with Crippen molar-refractivity contribution < 1.29 is 24.5 Å². The van der Waals surface area contributed by atoms with Gasteiger partial charge in [-0.15, -0.1) is 0 Å². The van der Waals surface area contributed by atoms with Gasteiger partial charge in [0.25, 0.3) is 0 Å². The van der Waals surface area contributed by atoms with Gasteiger partial charge in [-0.3, -0.25) is 4.79 Å². The van der Waals surface area contributed by atoms with Gasteiger partial charge < -0.3 is 25.6 Å². The molecular formula is C34H44N4O5. The number of hydrazine groups is 1. The van der Waals surface area contributed by atoms with E-state index in [1.165, 1.54) is 6.07 Å². The molecule has 1 heterocycles. The Hall–Kier alpha value is -4.08. The lowest BCUT2D eigenvalue weighted by molar-refractivity contribution is -0.121. The van der Waals surface area contributed by atoms with Crippen LogP contribution in [0.4, 0.5) is 10.5 Å². The zero-order chi connectivity index (χ0) is 30.3. The molecule has 2 amide bonds. The molecule has 230 valence electrons. The van der Waals surface area contributed by atoms with E-state index in [9.17, 15) is 19.8 Å². The molecule has 43 heavy (non-hydrogen) atoms. The fraction of sp³-hybridized carbons (Fsp3) is 0.412. The molecule has 1 aliphatic heterocycles. The minimum absolute atomic E-state index is 0.0191. The molecule has 0 saturated carbocycles. The van der Waals surface area contributed by atoms with Crippen molar-refractivity contribution >= 4 is 17.7 Å². The molecule has 0 radical (unpaired) electrons. The highest BCUT2D eigenvalue weighted by molar-refractivity contribution is 5.93. The number of hydrogen-bond donors (Lipinski definition) is 4. The van der Waals surface area contributed by atoms with Crippen LogP contribution >= 0.6 is 0 Å². The minimum atomic E-state index is -0.465. The summed E-state index contributed by atoms with van der Waals surface area (Å²) in [4.78, 5) is 25.8. The van der Waals surface area contributed by atoms with Crippen molar-refractivity contribution in [1.29, 1.82) is 0 Å². The number of unbranched alkanes of at least 4 members (excludes halogenated alkanes) is 2. The largest absolute Gasteiger partial charge is 0.504 e. The van der Waals surface area contributed by atoms with Crippen molar-refractivity contribution in [2.45, 2.75) is 51.4 Å². The first-order chi connectivity index (χ1) is 21.0. The SMILES string of the molecule is O=C(CCOC(=O)N(c1ccccc1-c1ccccc1)N1CCCCC1)NCCCCCNCCc1ccc(O)c(O)c1. The van der Waals surface area contributed by atoms with Gasteiger partial charge >= 0.3 is 6.09 Å². The van der Waals surface area contributed by atoms with Gasteiger partial charge in [0, 0.05) is 25.2 Å². The van der Waals surface area contributed by atoms with Gasteiger partial charge in [0.15, 0.2) is 11.5 Å². The predicted octanol–water partition coefficient (Wildman–Crippen LogP) is 5.62. The van der Waals surface area contributed by atoms with E-state index < -0.39 is 6.09 Å². The quantitative estimate of drug-likeness (QED) is 0.135. The number of nitrogens with zero attached hydrogens (tertiary/aromatic N) is 2. The summed E-state index contributed by atoms with van der Waals surface area (Å²) in [6.45, 7) is 3.81. The third-order valence-electron chi connectivity index (χ3n) is 7.54. The zero-order valence-corrected chi connectivity index (χ0v) is 24.8. The molecule has 0 bridgehead atoms. The van der Waals surface area contributed by atoms with Crippen LogP contribution in [-0.4, -0.2) is 66.6 Å². The smallest absolute Gasteiger partial charge is 0.429 e. The Morgan fingerprint density at radius 2 is 1.56 bits per heavy atom. The van der Waals surface area contributed by atoms with Gasteiger partial charge in [0.2, 0.25) is 5.91 Å². The summed E-state index contributed by atoms with van der Waals surface area (Å²) in [5.41, 5.74) is 3.72. The predicted molar refractivity (Wildman–Crippen MR) is 169 cm³/mol. The first-order valence-corrected chi connectivity index (χ1v) is 15.4. The number of phenolic OH excluding ortho intramolecular Hbond substituents is 2. The van der Waals surface area contributed by atoms with E-state index in [4.69, 9.17) is 4.74 Å². The van der Waals surface area contributed by atoms with E-state index in [1.54, 1.807) is 17.1 Å². The van der Waals surface area contributed by atoms with Gasteiger partial charge in [0.1, 0.15) is 6.61 Å². The Balaban J connectivity index is 1.15.